The molecule has 1 atom stereocenters. The topological polar surface area (TPSA) is 21.3 Å². The fraction of sp³-hybridized carbons (Fsp3) is 0.625. The fourth-order valence-electron chi connectivity index (χ4n) is 2.49. The van der Waals surface area contributed by atoms with Crippen molar-refractivity contribution >= 4 is 11.6 Å². The van der Waals surface area contributed by atoms with E-state index in [1.165, 1.54) is 18.4 Å². The Morgan fingerprint density at radius 3 is 2.79 bits per heavy atom. The predicted octanol–water partition coefficient (Wildman–Crippen LogP) is 4.02. The molecule has 2 nitrogen and oxygen atoms in total. The van der Waals surface area contributed by atoms with Gasteiger partial charge < -0.3 is 10.1 Å². The van der Waals surface area contributed by atoms with Gasteiger partial charge in [-0.25, -0.2) is 0 Å². The monoisotopic (exact) mass is 281 g/mol. The minimum Gasteiger partial charge on any atom is -0.493 e. The summed E-state index contributed by atoms with van der Waals surface area (Å²) in [5, 5.41) is 4.20. The number of halogens is 1. The summed E-state index contributed by atoms with van der Waals surface area (Å²) in [5.41, 5.74) is 1.23. The lowest BCUT2D eigenvalue weighted by atomic mass is 9.86. The minimum absolute atomic E-state index is 0.0467. The van der Waals surface area contributed by atoms with Crippen molar-refractivity contribution in [3.8, 4) is 5.75 Å². The second kappa shape index (κ2) is 6.15. The van der Waals surface area contributed by atoms with Crippen molar-refractivity contribution in [3.63, 3.8) is 0 Å². The molecule has 1 saturated heterocycles. The van der Waals surface area contributed by atoms with E-state index in [9.17, 15) is 0 Å². The van der Waals surface area contributed by atoms with Gasteiger partial charge in [0.2, 0.25) is 0 Å². The number of hydrogen-bond acceptors (Lipinski definition) is 2. The first-order chi connectivity index (χ1) is 8.97. The Kier molecular flexibility index (Phi) is 4.75. The molecule has 1 aliphatic heterocycles. The van der Waals surface area contributed by atoms with E-state index in [1.807, 2.05) is 18.2 Å². The SMILES string of the molecule is CC(C)(C)c1cc(Cl)ccc1OC[C@H]1CCCNC1. The van der Waals surface area contributed by atoms with E-state index >= 15 is 0 Å². The molecule has 0 aromatic heterocycles. The number of hydrogen-bond donors (Lipinski definition) is 1. The zero-order valence-corrected chi connectivity index (χ0v) is 12.9. The Morgan fingerprint density at radius 2 is 2.16 bits per heavy atom. The van der Waals surface area contributed by atoms with Gasteiger partial charge >= 0.3 is 0 Å². The number of benzene rings is 1. The molecule has 1 aromatic rings. The summed E-state index contributed by atoms with van der Waals surface area (Å²) in [6.07, 6.45) is 2.51. The molecular formula is C16H24ClNO. The molecule has 1 N–H and O–H groups in total. The van der Waals surface area contributed by atoms with E-state index in [-0.39, 0.29) is 5.41 Å². The van der Waals surface area contributed by atoms with Crippen LogP contribution in [-0.2, 0) is 5.41 Å². The summed E-state index contributed by atoms with van der Waals surface area (Å²) < 4.78 is 6.06. The highest BCUT2D eigenvalue weighted by atomic mass is 35.5. The van der Waals surface area contributed by atoms with Gasteiger partial charge in [-0.1, -0.05) is 32.4 Å². The van der Waals surface area contributed by atoms with Gasteiger partial charge in [-0.15, -0.1) is 0 Å². The minimum atomic E-state index is 0.0467. The first-order valence-electron chi connectivity index (χ1n) is 7.10. The van der Waals surface area contributed by atoms with Gasteiger partial charge in [0.1, 0.15) is 5.75 Å². The molecule has 0 unspecified atom stereocenters. The van der Waals surface area contributed by atoms with E-state index in [2.05, 4.69) is 26.1 Å². The maximum absolute atomic E-state index is 6.11. The van der Waals surface area contributed by atoms with Gasteiger partial charge in [0.15, 0.2) is 0 Å². The lowest BCUT2D eigenvalue weighted by Gasteiger charge is -2.26. The molecule has 1 aromatic carbocycles. The van der Waals surface area contributed by atoms with E-state index in [0.717, 1.165) is 30.5 Å². The maximum atomic E-state index is 6.11. The van der Waals surface area contributed by atoms with Crippen LogP contribution in [0.2, 0.25) is 5.02 Å². The van der Waals surface area contributed by atoms with E-state index < -0.39 is 0 Å². The summed E-state index contributed by atoms with van der Waals surface area (Å²) in [5.74, 6) is 1.60. The number of rotatable bonds is 3. The van der Waals surface area contributed by atoms with Crippen LogP contribution in [0.25, 0.3) is 0 Å². The Balaban J connectivity index is 2.06. The molecule has 0 radical (unpaired) electrons. The number of nitrogens with one attached hydrogen (secondary N) is 1. The Bertz CT molecular complexity index is 419. The summed E-state index contributed by atoms with van der Waals surface area (Å²) in [6, 6.07) is 5.93. The Morgan fingerprint density at radius 1 is 1.37 bits per heavy atom. The first kappa shape index (κ1) is 14.7. The molecule has 106 valence electrons. The van der Waals surface area contributed by atoms with Crippen LogP contribution >= 0.6 is 11.6 Å². The average Bonchev–Trinajstić information content (AvgIpc) is 2.37. The molecule has 3 heteroatoms. The van der Waals surface area contributed by atoms with E-state index in [1.54, 1.807) is 0 Å². The van der Waals surface area contributed by atoms with Gasteiger partial charge in [0, 0.05) is 23.0 Å². The van der Waals surface area contributed by atoms with Gasteiger partial charge in [0.05, 0.1) is 6.61 Å². The van der Waals surface area contributed by atoms with Crippen molar-refractivity contribution in [1.82, 2.24) is 5.32 Å². The summed E-state index contributed by atoms with van der Waals surface area (Å²) >= 11 is 6.11. The molecule has 0 bridgehead atoms. The van der Waals surface area contributed by atoms with Crippen LogP contribution in [0.15, 0.2) is 18.2 Å². The molecule has 19 heavy (non-hydrogen) atoms. The molecule has 2 rings (SSSR count). The first-order valence-corrected chi connectivity index (χ1v) is 7.48. The normalized spacial score (nSPS) is 20.3. The van der Waals surface area contributed by atoms with Crippen LogP contribution in [0.3, 0.4) is 0 Å². The van der Waals surface area contributed by atoms with Gasteiger partial charge in [-0.3, -0.25) is 0 Å². The molecule has 0 saturated carbocycles. The summed E-state index contributed by atoms with van der Waals surface area (Å²) in [7, 11) is 0. The molecule has 0 spiro atoms. The lowest BCUT2D eigenvalue weighted by Crippen LogP contribution is -2.33. The van der Waals surface area contributed by atoms with Crippen LogP contribution in [-0.4, -0.2) is 19.7 Å². The summed E-state index contributed by atoms with van der Waals surface area (Å²) in [6.45, 7) is 9.57. The van der Waals surface area contributed by atoms with Crippen LogP contribution in [0.1, 0.15) is 39.2 Å². The van der Waals surface area contributed by atoms with Crippen molar-refractivity contribution in [2.24, 2.45) is 5.92 Å². The standard InChI is InChI=1S/C16H24ClNO/c1-16(2,3)14-9-13(17)6-7-15(14)19-11-12-5-4-8-18-10-12/h6-7,9,12,18H,4-5,8,10-11H2,1-3H3/t12-/m0/s1. The largest absolute Gasteiger partial charge is 0.493 e. The quantitative estimate of drug-likeness (QED) is 0.904. The summed E-state index contributed by atoms with van der Waals surface area (Å²) in [4.78, 5) is 0. The third kappa shape index (κ3) is 4.12. The van der Waals surface area contributed by atoms with Crippen molar-refractivity contribution in [2.75, 3.05) is 19.7 Å². The van der Waals surface area contributed by atoms with Crippen LogP contribution in [0, 0.1) is 5.92 Å². The van der Waals surface area contributed by atoms with Crippen molar-refractivity contribution in [1.29, 1.82) is 0 Å². The Hall–Kier alpha value is -0.730. The zero-order valence-electron chi connectivity index (χ0n) is 12.1. The maximum Gasteiger partial charge on any atom is 0.123 e. The lowest BCUT2D eigenvalue weighted by molar-refractivity contribution is 0.215. The second-order valence-electron chi connectivity index (χ2n) is 6.41. The third-order valence-corrected chi connectivity index (χ3v) is 3.86. The van der Waals surface area contributed by atoms with Crippen LogP contribution in [0.4, 0.5) is 0 Å². The van der Waals surface area contributed by atoms with Gasteiger partial charge in [-0.05, 0) is 43.0 Å². The smallest absolute Gasteiger partial charge is 0.123 e. The van der Waals surface area contributed by atoms with Gasteiger partial charge in [-0.2, -0.15) is 0 Å². The zero-order chi connectivity index (χ0) is 13.9. The number of ether oxygens (including phenoxy) is 1. The second-order valence-corrected chi connectivity index (χ2v) is 6.85. The van der Waals surface area contributed by atoms with Crippen molar-refractivity contribution in [3.05, 3.63) is 28.8 Å². The van der Waals surface area contributed by atoms with E-state index in [4.69, 9.17) is 16.3 Å². The highest BCUT2D eigenvalue weighted by molar-refractivity contribution is 6.30. The van der Waals surface area contributed by atoms with E-state index in [0.29, 0.717) is 5.92 Å². The highest BCUT2D eigenvalue weighted by Gasteiger charge is 2.21. The third-order valence-electron chi connectivity index (χ3n) is 3.62. The highest BCUT2D eigenvalue weighted by Crippen LogP contribution is 2.33. The molecule has 0 amide bonds. The fourth-order valence-corrected chi connectivity index (χ4v) is 2.66. The molecule has 1 heterocycles. The van der Waals surface area contributed by atoms with Gasteiger partial charge in [0.25, 0.3) is 0 Å². The Labute approximate surface area is 121 Å². The van der Waals surface area contributed by atoms with Crippen LogP contribution < -0.4 is 10.1 Å². The molecule has 0 aliphatic carbocycles. The van der Waals surface area contributed by atoms with Crippen LogP contribution in [0.5, 0.6) is 5.75 Å². The van der Waals surface area contributed by atoms with Crippen molar-refractivity contribution in [2.45, 2.75) is 39.0 Å². The number of piperidine rings is 1. The molecular weight excluding hydrogens is 258 g/mol. The molecule has 1 fully saturated rings. The van der Waals surface area contributed by atoms with Crippen molar-refractivity contribution < 1.29 is 4.74 Å². The molecule has 1 aliphatic rings. The predicted molar refractivity (Wildman–Crippen MR) is 81.2 cm³/mol. The average molecular weight is 282 g/mol.